The van der Waals surface area contributed by atoms with Gasteiger partial charge in [0, 0.05) is 16.5 Å². The van der Waals surface area contributed by atoms with Crippen LogP contribution in [0.25, 0.3) is 11.0 Å². The number of nitrogens with one attached hydrogen (secondary N) is 1. The fraction of sp³-hybridized carbons (Fsp3) is 0.333. The normalized spacial score (nSPS) is 11.0. The summed E-state index contributed by atoms with van der Waals surface area (Å²) in [5, 5.41) is 14.4. The molecule has 0 radical (unpaired) electrons. The van der Waals surface area contributed by atoms with Crippen molar-refractivity contribution in [2.24, 2.45) is 0 Å². The van der Waals surface area contributed by atoms with Crippen LogP contribution >= 0.6 is 0 Å². The second-order valence-corrected chi connectivity index (χ2v) is 5.03. The Morgan fingerprint density at radius 2 is 2.09 bits per heavy atom. The first-order valence-corrected chi connectivity index (χ1v) is 7.02. The van der Waals surface area contributed by atoms with E-state index in [0.29, 0.717) is 29.1 Å². The molecule has 0 aliphatic heterocycles. The van der Waals surface area contributed by atoms with Crippen molar-refractivity contribution in [3.8, 4) is 5.75 Å². The second kappa shape index (κ2) is 5.59. The molecular formula is C15H16N4O3. The molecule has 3 rings (SSSR count). The van der Waals surface area contributed by atoms with Crippen LogP contribution in [0.15, 0.2) is 21.3 Å². The number of nitrogens with zero attached hydrogens (tertiary/aromatic N) is 3. The number of tetrazole rings is 1. The predicted octanol–water partition coefficient (Wildman–Crippen LogP) is 2.06. The van der Waals surface area contributed by atoms with Gasteiger partial charge in [0.25, 0.3) is 0 Å². The van der Waals surface area contributed by atoms with E-state index in [1.54, 1.807) is 0 Å². The van der Waals surface area contributed by atoms with Crippen molar-refractivity contribution in [3.05, 3.63) is 45.1 Å². The summed E-state index contributed by atoms with van der Waals surface area (Å²) in [5.74, 6) is 1.09. The van der Waals surface area contributed by atoms with E-state index in [0.717, 1.165) is 16.5 Å². The van der Waals surface area contributed by atoms with E-state index in [4.69, 9.17) is 9.15 Å². The Morgan fingerprint density at radius 3 is 2.77 bits per heavy atom. The molecule has 2 heterocycles. The molecule has 7 nitrogen and oxygen atoms in total. The zero-order valence-electron chi connectivity index (χ0n) is 12.6. The molecule has 0 aliphatic carbocycles. The molecule has 7 heteroatoms. The third-order valence-electron chi connectivity index (χ3n) is 3.75. The highest BCUT2D eigenvalue weighted by atomic mass is 16.5. The molecule has 1 N–H and O–H groups in total. The van der Waals surface area contributed by atoms with Crippen molar-refractivity contribution in [2.75, 3.05) is 0 Å². The van der Waals surface area contributed by atoms with Gasteiger partial charge >= 0.3 is 5.63 Å². The molecule has 114 valence electrons. The van der Waals surface area contributed by atoms with Crippen LogP contribution in [0.3, 0.4) is 0 Å². The van der Waals surface area contributed by atoms with Crippen molar-refractivity contribution < 1.29 is 9.15 Å². The van der Waals surface area contributed by atoms with Crippen molar-refractivity contribution >= 4 is 11.0 Å². The summed E-state index contributed by atoms with van der Waals surface area (Å²) in [5.41, 5.74) is 2.73. The van der Waals surface area contributed by atoms with Gasteiger partial charge in [0.05, 0.1) is 0 Å². The van der Waals surface area contributed by atoms with E-state index >= 15 is 0 Å². The SMILES string of the molecule is CCc1c(C)c2ccc(OCc3nn[nH]n3)c(C)c2oc1=O. The summed E-state index contributed by atoms with van der Waals surface area (Å²) in [6.07, 6.45) is 0.652. The number of benzene rings is 1. The van der Waals surface area contributed by atoms with Crippen LogP contribution in [0.2, 0.25) is 0 Å². The van der Waals surface area contributed by atoms with Crippen LogP contribution in [0, 0.1) is 13.8 Å². The number of hydrogen-bond donors (Lipinski definition) is 1. The number of rotatable bonds is 4. The fourth-order valence-corrected chi connectivity index (χ4v) is 2.52. The number of hydrogen-bond acceptors (Lipinski definition) is 6. The summed E-state index contributed by atoms with van der Waals surface area (Å²) in [6.45, 7) is 5.94. The van der Waals surface area contributed by atoms with Gasteiger partial charge in [-0.25, -0.2) is 4.79 Å². The molecule has 22 heavy (non-hydrogen) atoms. The quantitative estimate of drug-likeness (QED) is 0.741. The lowest BCUT2D eigenvalue weighted by Gasteiger charge is -2.11. The van der Waals surface area contributed by atoms with E-state index in [2.05, 4.69) is 20.6 Å². The molecule has 1 aromatic carbocycles. The zero-order valence-corrected chi connectivity index (χ0v) is 12.6. The molecule has 3 aromatic rings. The van der Waals surface area contributed by atoms with Crippen LogP contribution < -0.4 is 10.4 Å². The van der Waals surface area contributed by atoms with Gasteiger partial charge in [0.2, 0.25) is 5.82 Å². The molecule has 0 aliphatic rings. The van der Waals surface area contributed by atoms with Crippen LogP contribution in [0.5, 0.6) is 5.75 Å². The van der Waals surface area contributed by atoms with Crippen LogP contribution in [0.1, 0.15) is 29.4 Å². The molecule has 2 aromatic heterocycles. The minimum Gasteiger partial charge on any atom is -0.485 e. The maximum absolute atomic E-state index is 12.1. The number of aromatic nitrogens is 4. The lowest BCUT2D eigenvalue weighted by Crippen LogP contribution is -2.10. The highest BCUT2D eigenvalue weighted by Crippen LogP contribution is 2.29. The first kappa shape index (κ1) is 14.2. The summed E-state index contributed by atoms with van der Waals surface area (Å²) in [6, 6.07) is 3.77. The van der Waals surface area contributed by atoms with Gasteiger partial charge in [0.1, 0.15) is 11.3 Å². The van der Waals surface area contributed by atoms with Crippen LogP contribution in [-0.2, 0) is 13.0 Å². The number of H-pyrrole nitrogens is 1. The standard InChI is InChI=1S/C15H16N4O3/c1-4-10-8(2)11-5-6-12(9(3)14(11)22-15(10)20)21-7-13-16-18-19-17-13/h5-6H,4,7H2,1-3H3,(H,16,17,18,19). The molecule has 0 atom stereocenters. The molecule has 0 spiro atoms. The molecule has 0 amide bonds. The molecule has 0 unspecified atom stereocenters. The van der Waals surface area contributed by atoms with E-state index < -0.39 is 0 Å². The second-order valence-electron chi connectivity index (χ2n) is 5.03. The topological polar surface area (TPSA) is 93.9 Å². The zero-order chi connectivity index (χ0) is 15.7. The maximum Gasteiger partial charge on any atom is 0.339 e. The lowest BCUT2D eigenvalue weighted by molar-refractivity contribution is 0.294. The molecular weight excluding hydrogens is 284 g/mol. The first-order valence-electron chi connectivity index (χ1n) is 7.02. The smallest absolute Gasteiger partial charge is 0.339 e. The Balaban J connectivity index is 2.04. The van der Waals surface area contributed by atoms with Gasteiger partial charge in [-0.1, -0.05) is 12.1 Å². The number of ether oxygens (including phenoxy) is 1. The van der Waals surface area contributed by atoms with Gasteiger partial charge in [-0.3, -0.25) is 0 Å². The van der Waals surface area contributed by atoms with Gasteiger partial charge in [0.15, 0.2) is 6.61 Å². The molecule has 0 fully saturated rings. The third kappa shape index (κ3) is 2.34. The van der Waals surface area contributed by atoms with Crippen molar-refractivity contribution in [2.45, 2.75) is 33.8 Å². The van der Waals surface area contributed by atoms with Crippen LogP contribution in [-0.4, -0.2) is 20.6 Å². The van der Waals surface area contributed by atoms with E-state index in [1.807, 2.05) is 32.9 Å². The molecule has 0 saturated heterocycles. The Bertz CT molecular complexity index is 869. The predicted molar refractivity (Wildman–Crippen MR) is 79.8 cm³/mol. The van der Waals surface area contributed by atoms with E-state index in [1.165, 1.54) is 0 Å². The lowest BCUT2D eigenvalue weighted by atomic mass is 10.0. The highest BCUT2D eigenvalue weighted by molar-refractivity contribution is 5.85. The maximum atomic E-state index is 12.1. The first-order chi connectivity index (χ1) is 10.6. The van der Waals surface area contributed by atoms with Crippen molar-refractivity contribution in [3.63, 3.8) is 0 Å². The minimum atomic E-state index is -0.286. The van der Waals surface area contributed by atoms with Crippen molar-refractivity contribution in [1.29, 1.82) is 0 Å². The summed E-state index contributed by atoms with van der Waals surface area (Å²) in [4.78, 5) is 12.1. The molecule has 0 saturated carbocycles. The Morgan fingerprint density at radius 1 is 1.27 bits per heavy atom. The van der Waals surface area contributed by atoms with Gasteiger partial charge in [-0.05, 0) is 38.0 Å². The molecule has 0 bridgehead atoms. The van der Waals surface area contributed by atoms with Crippen molar-refractivity contribution in [1.82, 2.24) is 20.6 Å². The minimum absolute atomic E-state index is 0.194. The largest absolute Gasteiger partial charge is 0.485 e. The number of aromatic amines is 1. The Hall–Kier alpha value is -2.70. The average molecular weight is 300 g/mol. The van der Waals surface area contributed by atoms with Gasteiger partial charge < -0.3 is 9.15 Å². The average Bonchev–Trinajstić information content (AvgIpc) is 3.01. The van der Waals surface area contributed by atoms with E-state index in [9.17, 15) is 4.79 Å². The van der Waals surface area contributed by atoms with Gasteiger partial charge in [-0.2, -0.15) is 5.21 Å². The highest BCUT2D eigenvalue weighted by Gasteiger charge is 2.14. The van der Waals surface area contributed by atoms with E-state index in [-0.39, 0.29) is 12.2 Å². The Labute approximate surface area is 126 Å². The van der Waals surface area contributed by atoms with Crippen LogP contribution in [0.4, 0.5) is 0 Å². The number of fused-ring (bicyclic) bond motifs is 1. The summed E-state index contributed by atoms with van der Waals surface area (Å²) < 4.78 is 11.2. The monoisotopic (exact) mass is 300 g/mol. The summed E-state index contributed by atoms with van der Waals surface area (Å²) in [7, 11) is 0. The number of aryl methyl sites for hydroxylation is 2. The fourth-order valence-electron chi connectivity index (χ4n) is 2.52. The Kier molecular flexibility index (Phi) is 3.62. The van der Waals surface area contributed by atoms with Gasteiger partial charge in [-0.15, -0.1) is 10.2 Å². The summed E-state index contributed by atoms with van der Waals surface area (Å²) >= 11 is 0. The third-order valence-corrected chi connectivity index (χ3v) is 3.75.